The number of nitrogens with two attached hydrogens (primary N) is 1. The second-order valence-electron chi connectivity index (χ2n) is 7.23. The lowest BCUT2D eigenvalue weighted by molar-refractivity contribution is -0.122. The van der Waals surface area contributed by atoms with Crippen molar-refractivity contribution in [2.75, 3.05) is 26.2 Å². The van der Waals surface area contributed by atoms with Gasteiger partial charge in [0.05, 0.1) is 6.04 Å². The van der Waals surface area contributed by atoms with Gasteiger partial charge in [0, 0.05) is 19.6 Å². The standard InChI is InChI=1S/C22H29N3O/c23-21(15-19-9-5-2-6-10-19)22(26)24-16-20-12-14-25(17-20)13-11-18-7-3-1-4-8-18/h1-10,20-21H,11-17,23H2,(H,24,26). The van der Waals surface area contributed by atoms with Crippen molar-refractivity contribution >= 4 is 5.91 Å². The number of carbonyl (C=O) groups excluding carboxylic acids is 1. The van der Waals surface area contributed by atoms with Crippen LogP contribution in [0, 0.1) is 5.92 Å². The molecule has 1 saturated heterocycles. The third kappa shape index (κ3) is 5.68. The zero-order chi connectivity index (χ0) is 18.2. The maximum Gasteiger partial charge on any atom is 0.237 e. The highest BCUT2D eigenvalue weighted by Gasteiger charge is 2.23. The number of hydrogen-bond acceptors (Lipinski definition) is 3. The van der Waals surface area contributed by atoms with E-state index in [1.54, 1.807) is 0 Å². The van der Waals surface area contributed by atoms with Gasteiger partial charge in [-0.2, -0.15) is 0 Å². The van der Waals surface area contributed by atoms with E-state index in [2.05, 4.69) is 40.5 Å². The van der Waals surface area contributed by atoms with Crippen molar-refractivity contribution in [3.63, 3.8) is 0 Å². The Morgan fingerprint density at radius 3 is 2.42 bits per heavy atom. The summed E-state index contributed by atoms with van der Waals surface area (Å²) in [5.41, 5.74) is 8.54. The van der Waals surface area contributed by atoms with Crippen molar-refractivity contribution in [3.05, 3.63) is 71.8 Å². The van der Waals surface area contributed by atoms with E-state index in [1.807, 2.05) is 30.3 Å². The average molecular weight is 351 g/mol. The van der Waals surface area contributed by atoms with Crippen LogP contribution in [0.15, 0.2) is 60.7 Å². The van der Waals surface area contributed by atoms with Crippen molar-refractivity contribution in [1.29, 1.82) is 0 Å². The molecule has 0 spiro atoms. The van der Waals surface area contributed by atoms with E-state index in [9.17, 15) is 4.79 Å². The van der Waals surface area contributed by atoms with Gasteiger partial charge in [-0.3, -0.25) is 4.79 Å². The highest BCUT2D eigenvalue weighted by molar-refractivity contribution is 5.81. The van der Waals surface area contributed by atoms with Crippen LogP contribution < -0.4 is 11.1 Å². The van der Waals surface area contributed by atoms with Crippen LogP contribution in [0.4, 0.5) is 0 Å². The maximum absolute atomic E-state index is 12.2. The van der Waals surface area contributed by atoms with Gasteiger partial charge in [-0.05, 0) is 42.9 Å². The van der Waals surface area contributed by atoms with E-state index in [0.29, 0.717) is 12.3 Å². The Kier molecular flexibility index (Phi) is 6.81. The average Bonchev–Trinajstić information content (AvgIpc) is 3.14. The molecule has 3 rings (SSSR count). The number of hydrogen-bond donors (Lipinski definition) is 2. The van der Waals surface area contributed by atoms with Crippen LogP contribution in [0.5, 0.6) is 0 Å². The SMILES string of the molecule is NC(Cc1ccccc1)C(=O)NCC1CCN(CCc2ccccc2)C1. The normalized spacial score (nSPS) is 18.6. The second-order valence-corrected chi connectivity index (χ2v) is 7.23. The summed E-state index contributed by atoms with van der Waals surface area (Å²) in [5.74, 6) is 0.482. The number of benzene rings is 2. The molecule has 0 aromatic heterocycles. The molecule has 0 aliphatic carbocycles. The highest BCUT2D eigenvalue weighted by Crippen LogP contribution is 2.16. The second kappa shape index (κ2) is 9.51. The van der Waals surface area contributed by atoms with E-state index in [0.717, 1.165) is 44.6 Å². The van der Waals surface area contributed by atoms with Crippen LogP contribution >= 0.6 is 0 Å². The summed E-state index contributed by atoms with van der Waals surface area (Å²) in [4.78, 5) is 14.7. The van der Waals surface area contributed by atoms with Gasteiger partial charge in [0.2, 0.25) is 5.91 Å². The topological polar surface area (TPSA) is 58.4 Å². The molecule has 1 aliphatic heterocycles. The van der Waals surface area contributed by atoms with Crippen molar-refractivity contribution in [3.8, 4) is 0 Å². The number of rotatable bonds is 8. The lowest BCUT2D eigenvalue weighted by atomic mass is 10.1. The predicted molar refractivity (Wildman–Crippen MR) is 106 cm³/mol. The molecule has 2 unspecified atom stereocenters. The summed E-state index contributed by atoms with van der Waals surface area (Å²) in [6.07, 6.45) is 2.81. The van der Waals surface area contributed by atoms with Gasteiger partial charge in [0.15, 0.2) is 0 Å². The molecule has 2 atom stereocenters. The first-order valence-electron chi connectivity index (χ1n) is 9.54. The first-order chi connectivity index (χ1) is 12.7. The molecular formula is C22H29N3O. The summed E-state index contributed by atoms with van der Waals surface area (Å²) in [5, 5.41) is 3.05. The van der Waals surface area contributed by atoms with Gasteiger partial charge >= 0.3 is 0 Å². The molecule has 1 amide bonds. The molecule has 4 nitrogen and oxygen atoms in total. The summed E-state index contributed by atoms with van der Waals surface area (Å²) in [7, 11) is 0. The fourth-order valence-electron chi connectivity index (χ4n) is 3.55. The Bertz CT molecular complexity index is 674. The molecule has 1 heterocycles. The molecular weight excluding hydrogens is 322 g/mol. The minimum absolute atomic E-state index is 0.0448. The Morgan fingerprint density at radius 2 is 1.73 bits per heavy atom. The van der Waals surface area contributed by atoms with E-state index in [-0.39, 0.29) is 5.91 Å². The maximum atomic E-state index is 12.2. The summed E-state index contributed by atoms with van der Waals surface area (Å²) in [6, 6.07) is 20.1. The molecule has 2 aromatic rings. The van der Waals surface area contributed by atoms with E-state index in [4.69, 9.17) is 5.73 Å². The Morgan fingerprint density at radius 1 is 1.08 bits per heavy atom. The molecule has 1 fully saturated rings. The van der Waals surface area contributed by atoms with Crippen LogP contribution in [-0.4, -0.2) is 43.0 Å². The molecule has 0 bridgehead atoms. The van der Waals surface area contributed by atoms with Gasteiger partial charge in [-0.15, -0.1) is 0 Å². The lowest BCUT2D eigenvalue weighted by Gasteiger charge is -2.17. The van der Waals surface area contributed by atoms with Crippen molar-refractivity contribution in [1.82, 2.24) is 10.2 Å². The van der Waals surface area contributed by atoms with Crippen LogP contribution in [0.1, 0.15) is 17.5 Å². The number of likely N-dealkylation sites (tertiary alicyclic amines) is 1. The largest absolute Gasteiger partial charge is 0.354 e. The third-order valence-electron chi connectivity index (χ3n) is 5.13. The van der Waals surface area contributed by atoms with E-state index >= 15 is 0 Å². The molecule has 26 heavy (non-hydrogen) atoms. The van der Waals surface area contributed by atoms with Gasteiger partial charge in [-0.25, -0.2) is 0 Å². The quantitative estimate of drug-likeness (QED) is 0.767. The van der Waals surface area contributed by atoms with Crippen LogP contribution in [0.25, 0.3) is 0 Å². The van der Waals surface area contributed by atoms with Gasteiger partial charge in [0.1, 0.15) is 0 Å². The summed E-state index contributed by atoms with van der Waals surface area (Å²) >= 11 is 0. The molecule has 3 N–H and O–H groups in total. The minimum atomic E-state index is -0.479. The van der Waals surface area contributed by atoms with Crippen LogP contribution in [0.3, 0.4) is 0 Å². The Labute approximate surface area is 156 Å². The minimum Gasteiger partial charge on any atom is -0.354 e. The molecule has 2 aromatic carbocycles. The first-order valence-corrected chi connectivity index (χ1v) is 9.54. The fraction of sp³-hybridized carbons (Fsp3) is 0.409. The van der Waals surface area contributed by atoms with Crippen molar-refractivity contribution in [2.45, 2.75) is 25.3 Å². The molecule has 0 radical (unpaired) electrons. The van der Waals surface area contributed by atoms with Crippen molar-refractivity contribution in [2.24, 2.45) is 11.7 Å². The predicted octanol–water partition coefficient (Wildman–Crippen LogP) is 2.24. The van der Waals surface area contributed by atoms with Crippen LogP contribution in [0.2, 0.25) is 0 Å². The van der Waals surface area contributed by atoms with Gasteiger partial charge in [-0.1, -0.05) is 60.7 Å². The summed E-state index contributed by atoms with van der Waals surface area (Å²) < 4.78 is 0. The Hall–Kier alpha value is -2.17. The molecule has 138 valence electrons. The van der Waals surface area contributed by atoms with E-state index < -0.39 is 6.04 Å². The Balaban J connectivity index is 1.35. The number of nitrogens with zero attached hydrogens (tertiary/aromatic N) is 1. The zero-order valence-corrected chi connectivity index (χ0v) is 15.3. The van der Waals surface area contributed by atoms with Gasteiger partial charge < -0.3 is 16.0 Å². The molecule has 1 aliphatic rings. The van der Waals surface area contributed by atoms with E-state index in [1.165, 1.54) is 5.56 Å². The van der Waals surface area contributed by atoms with Crippen molar-refractivity contribution < 1.29 is 4.79 Å². The number of amides is 1. The smallest absolute Gasteiger partial charge is 0.237 e. The third-order valence-corrected chi connectivity index (χ3v) is 5.13. The van der Waals surface area contributed by atoms with Crippen LogP contribution in [-0.2, 0) is 17.6 Å². The lowest BCUT2D eigenvalue weighted by Crippen LogP contribution is -2.44. The first kappa shape index (κ1) is 18.6. The monoisotopic (exact) mass is 351 g/mol. The number of carbonyl (C=O) groups is 1. The van der Waals surface area contributed by atoms with Gasteiger partial charge in [0.25, 0.3) is 0 Å². The fourth-order valence-corrected chi connectivity index (χ4v) is 3.55. The molecule has 0 saturated carbocycles. The zero-order valence-electron chi connectivity index (χ0n) is 15.3. The number of nitrogens with one attached hydrogen (secondary N) is 1. The summed E-state index contributed by atoms with van der Waals surface area (Å²) in [6.45, 7) is 3.98. The molecule has 4 heteroatoms. The highest BCUT2D eigenvalue weighted by atomic mass is 16.2.